The first-order valence-corrected chi connectivity index (χ1v) is 6.79. The van der Waals surface area contributed by atoms with E-state index in [1.54, 1.807) is 0 Å². The van der Waals surface area contributed by atoms with Crippen molar-refractivity contribution in [3.63, 3.8) is 0 Å². The van der Waals surface area contributed by atoms with Crippen LogP contribution in [0.15, 0.2) is 12.1 Å². The van der Waals surface area contributed by atoms with Crippen molar-refractivity contribution in [3.05, 3.63) is 22.7 Å². The van der Waals surface area contributed by atoms with Crippen molar-refractivity contribution in [2.45, 2.75) is 32.9 Å². The predicted octanol–water partition coefficient (Wildman–Crippen LogP) is 2.66. The summed E-state index contributed by atoms with van der Waals surface area (Å²) in [4.78, 5) is 2.16. The molecule has 0 saturated carbocycles. The summed E-state index contributed by atoms with van der Waals surface area (Å²) in [7, 11) is 0. The largest absolute Gasteiger partial charge is 0.454 e. The number of halogens is 1. The van der Waals surface area contributed by atoms with Gasteiger partial charge in [0.1, 0.15) is 0 Å². The van der Waals surface area contributed by atoms with Crippen molar-refractivity contribution >= 4 is 11.6 Å². The monoisotopic (exact) mass is 285 g/mol. The molecule has 0 radical (unpaired) electrons. The molecular weight excluding hydrogens is 266 g/mol. The van der Waals surface area contributed by atoms with Crippen LogP contribution in [-0.4, -0.2) is 35.5 Å². The summed E-state index contributed by atoms with van der Waals surface area (Å²) in [5.41, 5.74) is 0.344. The summed E-state index contributed by atoms with van der Waals surface area (Å²) >= 11 is 6.16. The summed E-state index contributed by atoms with van der Waals surface area (Å²) in [6.45, 7) is 8.09. The Kier molecular flexibility index (Phi) is 4.23. The molecule has 4 nitrogen and oxygen atoms in total. The second kappa shape index (κ2) is 5.57. The molecule has 0 amide bonds. The zero-order valence-corrected chi connectivity index (χ0v) is 12.3. The minimum atomic E-state index is -0.712. The van der Waals surface area contributed by atoms with Gasteiger partial charge in [0.25, 0.3) is 0 Å². The zero-order chi connectivity index (χ0) is 14.0. The fourth-order valence-electron chi connectivity index (χ4n) is 2.20. The number of ether oxygens (including phenoxy) is 2. The minimum Gasteiger partial charge on any atom is -0.454 e. The van der Waals surface area contributed by atoms with Gasteiger partial charge in [0, 0.05) is 13.1 Å². The third-order valence-electron chi connectivity index (χ3n) is 2.95. The van der Waals surface area contributed by atoms with E-state index in [9.17, 15) is 5.11 Å². The van der Waals surface area contributed by atoms with E-state index in [0.29, 0.717) is 23.1 Å². The molecule has 1 N–H and O–H groups in total. The molecule has 1 aliphatic rings. The van der Waals surface area contributed by atoms with Crippen molar-refractivity contribution in [1.82, 2.24) is 4.90 Å². The smallest absolute Gasteiger partial charge is 0.231 e. The second-order valence-electron chi connectivity index (χ2n) is 5.43. The van der Waals surface area contributed by atoms with Gasteiger partial charge < -0.3 is 14.6 Å². The molecule has 2 rings (SSSR count). The lowest BCUT2D eigenvalue weighted by Gasteiger charge is -2.28. The van der Waals surface area contributed by atoms with Gasteiger partial charge >= 0.3 is 0 Å². The van der Waals surface area contributed by atoms with Crippen molar-refractivity contribution in [1.29, 1.82) is 0 Å². The lowest BCUT2D eigenvalue weighted by atomic mass is 10.1. The van der Waals surface area contributed by atoms with Gasteiger partial charge in [-0.25, -0.2) is 0 Å². The zero-order valence-electron chi connectivity index (χ0n) is 11.6. The lowest BCUT2D eigenvalue weighted by Crippen LogP contribution is -2.38. The van der Waals surface area contributed by atoms with E-state index < -0.39 is 5.60 Å². The van der Waals surface area contributed by atoms with E-state index >= 15 is 0 Å². The Balaban J connectivity index is 2.12. The van der Waals surface area contributed by atoms with Crippen LogP contribution in [0.3, 0.4) is 0 Å². The molecule has 0 aromatic heterocycles. The third-order valence-corrected chi connectivity index (χ3v) is 3.23. The van der Waals surface area contributed by atoms with Crippen molar-refractivity contribution < 1.29 is 14.6 Å². The van der Waals surface area contributed by atoms with Crippen LogP contribution in [0.4, 0.5) is 0 Å². The van der Waals surface area contributed by atoms with Gasteiger partial charge in [-0.1, -0.05) is 18.5 Å². The van der Waals surface area contributed by atoms with E-state index in [-0.39, 0.29) is 6.79 Å². The van der Waals surface area contributed by atoms with Crippen molar-refractivity contribution in [2.24, 2.45) is 0 Å². The topological polar surface area (TPSA) is 41.9 Å². The molecule has 0 unspecified atom stereocenters. The maximum Gasteiger partial charge on any atom is 0.231 e. The van der Waals surface area contributed by atoms with Crippen LogP contribution in [-0.2, 0) is 6.54 Å². The fourth-order valence-corrected chi connectivity index (χ4v) is 2.48. The Morgan fingerprint density at radius 3 is 2.74 bits per heavy atom. The highest BCUT2D eigenvalue weighted by atomic mass is 35.5. The van der Waals surface area contributed by atoms with E-state index in [1.807, 2.05) is 26.0 Å². The highest BCUT2D eigenvalue weighted by molar-refractivity contribution is 6.32. The summed E-state index contributed by atoms with van der Waals surface area (Å²) in [5, 5.41) is 10.5. The van der Waals surface area contributed by atoms with Gasteiger partial charge in [-0.3, -0.25) is 4.90 Å². The second-order valence-corrected chi connectivity index (χ2v) is 5.83. The van der Waals surface area contributed by atoms with Gasteiger partial charge in [-0.15, -0.1) is 0 Å². The first-order valence-electron chi connectivity index (χ1n) is 6.42. The molecule has 0 spiro atoms. The van der Waals surface area contributed by atoms with Gasteiger partial charge in [0.2, 0.25) is 6.79 Å². The number of nitrogens with zero attached hydrogens (tertiary/aromatic N) is 1. The molecule has 0 aliphatic carbocycles. The quantitative estimate of drug-likeness (QED) is 0.903. The summed E-state index contributed by atoms with van der Waals surface area (Å²) in [6, 6.07) is 3.84. The molecule has 1 heterocycles. The molecule has 1 aliphatic heterocycles. The standard InChI is InChI=1S/C14H20ClNO3/c1-4-16(8-14(2,3)17)7-10-5-11(15)13-12(6-10)18-9-19-13/h5-6,17H,4,7-9H2,1-3H3. The van der Waals surface area contributed by atoms with Crippen molar-refractivity contribution in [3.8, 4) is 11.5 Å². The van der Waals surface area contributed by atoms with Crippen molar-refractivity contribution in [2.75, 3.05) is 19.9 Å². The SMILES string of the molecule is CCN(Cc1cc(Cl)c2c(c1)OCO2)CC(C)(C)O. The minimum absolute atomic E-state index is 0.222. The first-order chi connectivity index (χ1) is 8.89. The number of likely N-dealkylation sites (N-methyl/N-ethyl adjacent to an activating group) is 1. The number of fused-ring (bicyclic) bond motifs is 1. The first kappa shape index (κ1) is 14.4. The molecule has 106 valence electrons. The number of benzene rings is 1. The molecule has 0 atom stereocenters. The summed E-state index contributed by atoms with van der Waals surface area (Å²) < 4.78 is 10.6. The number of hydrogen-bond donors (Lipinski definition) is 1. The van der Waals surface area contributed by atoms with E-state index in [1.165, 1.54) is 0 Å². The van der Waals surface area contributed by atoms with Crippen LogP contribution in [0.5, 0.6) is 11.5 Å². The van der Waals surface area contributed by atoms with Crippen LogP contribution in [0.1, 0.15) is 26.3 Å². The molecular formula is C14H20ClNO3. The van der Waals surface area contributed by atoms with Gasteiger partial charge in [0.05, 0.1) is 10.6 Å². The molecule has 5 heteroatoms. The van der Waals surface area contributed by atoms with Crippen LogP contribution in [0.2, 0.25) is 5.02 Å². The fraction of sp³-hybridized carbons (Fsp3) is 0.571. The summed E-state index contributed by atoms with van der Waals surface area (Å²) in [6.07, 6.45) is 0. The number of rotatable bonds is 5. The third kappa shape index (κ3) is 3.75. The molecule has 1 aromatic carbocycles. The Morgan fingerprint density at radius 2 is 2.11 bits per heavy atom. The highest BCUT2D eigenvalue weighted by Gasteiger charge is 2.21. The molecule has 0 fully saturated rings. The van der Waals surface area contributed by atoms with Crippen LogP contribution >= 0.6 is 11.6 Å². The average molecular weight is 286 g/mol. The van der Waals surface area contributed by atoms with Crippen LogP contribution in [0.25, 0.3) is 0 Å². The molecule has 1 aromatic rings. The number of hydrogen-bond acceptors (Lipinski definition) is 4. The van der Waals surface area contributed by atoms with Gasteiger partial charge in [0.15, 0.2) is 11.5 Å². The maximum absolute atomic E-state index is 9.89. The molecule has 0 bridgehead atoms. The lowest BCUT2D eigenvalue weighted by molar-refractivity contribution is 0.0353. The Morgan fingerprint density at radius 1 is 1.37 bits per heavy atom. The average Bonchev–Trinajstić information content (AvgIpc) is 2.74. The van der Waals surface area contributed by atoms with E-state index in [4.69, 9.17) is 21.1 Å². The van der Waals surface area contributed by atoms with Gasteiger partial charge in [-0.05, 0) is 38.1 Å². The van der Waals surface area contributed by atoms with E-state index in [2.05, 4.69) is 11.8 Å². The highest BCUT2D eigenvalue weighted by Crippen LogP contribution is 2.40. The Labute approximate surface area is 118 Å². The van der Waals surface area contributed by atoms with Crippen LogP contribution < -0.4 is 9.47 Å². The summed E-state index contributed by atoms with van der Waals surface area (Å²) in [5.74, 6) is 1.32. The van der Waals surface area contributed by atoms with E-state index in [0.717, 1.165) is 18.7 Å². The van der Waals surface area contributed by atoms with Gasteiger partial charge in [-0.2, -0.15) is 0 Å². The van der Waals surface area contributed by atoms with Crippen LogP contribution in [0, 0.1) is 0 Å². The predicted molar refractivity (Wildman–Crippen MR) is 74.8 cm³/mol. The molecule has 0 saturated heterocycles. The Hall–Kier alpha value is -0.970. The molecule has 19 heavy (non-hydrogen) atoms. The normalized spacial score (nSPS) is 14.2. The maximum atomic E-state index is 9.89. The Bertz CT molecular complexity index is 457. The number of aliphatic hydroxyl groups is 1.